The topological polar surface area (TPSA) is 79.4 Å². The van der Waals surface area contributed by atoms with Crippen LogP contribution in [-0.2, 0) is 10.0 Å². The lowest BCUT2D eigenvalue weighted by atomic mass is 10.2. The minimum absolute atomic E-state index is 0.0910. The smallest absolute Gasteiger partial charge is 0.263 e. The molecule has 0 radical (unpaired) electrons. The quantitative estimate of drug-likeness (QED) is 0.927. The number of amides is 1. The molecule has 0 spiro atoms. The second-order valence-corrected chi connectivity index (χ2v) is 7.88. The van der Waals surface area contributed by atoms with Crippen molar-refractivity contribution in [2.45, 2.75) is 18.7 Å². The van der Waals surface area contributed by atoms with Crippen LogP contribution in [0.1, 0.15) is 20.9 Å². The number of nitrogens with one attached hydrogen (secondary N) is 1. The van der Waals surface area contributed by atoms with E-state index in [4.69, 9.17) is 0 Å². The molecule has 1 aromatic carbocycles. The number of benzene rings is 1. The summed E-state index contributed by atoms with van der Waals surface area (Å²) in [4.78, 5) is 18.4. The summed E-state index contributed by atoms with van der Waals surface area (Å²) in [5.41, 5.74) is 1.24. The Bertz CT molecular complexity index is 774. The molecule has 0 aliphatic carbocycles. The number of carbonyl (C=O) groups excluding carboxylic acids is 1. The molecule has 0 saturated carbocycles. The molecule has 1 N–H and O–H groups in total. The zero-order valence-electron chi connectivity index (χ0n) is 12.7. The van der Waals surface area contributed by atoms with Crippen molar-refractivity contribution in [3.05, 3.63) is 40.4 Å². The number of thiazole rings is 1. The van der Waals surface area contributed by atoms with Gasteiger partial charge in [-0.15, -0.1) is 11.3 Å². The van der Waals surface area contributed by atoms with Crippen molar-refractivity contribution in [3.8, 4) is 0 Å². The molecule has 0 unspecified atom stereocenters. The van der Waals surface area contributed by atoms with Crippen LogP contribution >= 0.6 is 11.3 Å². The average Bonchev–Trinajstić information content (AvgIpc) is 2.75. The van der Waals surface area contributed by atoms with Gasteiger partial charge in [0.1, 0.15) is 0 Å². The van der Waals surface area contributed by atoms with Gasteiger partial charge in [0.2, 0.25) is 0 Å². The number of nitrogens with zero attached hydrogens (tertiary/aromatic N) is 2. The SMILES string of the molecule is Cc1nc(NS(=O)(=O)c2ccc(C(=O)N(C)C)cc2)sc1C. The Kier molecular flexibility index (Phi) is 4.52. The van der Waals surface area contributed by atoms with E-state index in [9.17, 15) is 13.2 Å². The second-order valence-electron chi connectivity index (χ2n) is 4.99. The predicted molar refractivity (Wildman–Crippen MR) is 86.9 cm³/mol. The van der Waals surface area contributed by atoms with Crippen LogP contribution in [0, 0.1) is 13.8 Å². The first-order chi connectivity index (χ1) is 10.2. The van der Waals surface area contributed by atoms with E-state index in [1.54, 1.807) is 14.1 Å². The van der Waals surface area contributed by atoms with Crippen molar-refractivity contribution in [1.82, 2.24) is 9.88 Å². The van der Waals surface area contributed by atoms with Crippen molar-refractivity contribution in [1.29, 1.82) is 0 Å². The molecule has 2 rings (SSSR count). The Morgan fingerprint density at radius 1 is 1.18 bits per heavy atom. The maximum atomic E-state index is 12.3. The van der Waals surface area contributed by atoms with E-state index >= 15 is 0 Å². The second kappa shape index (κ2) is 6.05. The molecule has 1 heterocycles. The summed E-state index contributed by atoms with van der Waals surface area (Å²) in [5, 5.41) is 0.337. The Hall–Kier alpha value is -1.93. The summed E-state index contributed by atoms with van der Waals surface area (Å²) < 4.78 is 27.0. The molecule has 1 aromatic heterocycles. The molecule has 0 saturated heterocycles. The van der Waals surface area contributed by atoms with Gasteiger partial charge in [-0.05, 0) is 38.1 Å². The molecule has 22 heavy (non-hydrogen) atoms. The number of hydrogen-bond donors (Lipinski definition) is 1. The normalized spacial score (nSPS) is 11.3. The Balaban J connectivity index is 2.24. The number of carbonyl (C=O) groups is 1. The third-order valence-corrected chi connectivity index (χ3v) is 5.54. The third-order valence-electron chi connectivity index (χ3n) is 3.07. The van der Waals surface area contributed by atoms with Crippen molar-refractivity contribution >= 4 is 32.4 Å². The van der Waals surface area contributed by atoms with Gasteiger partial charge < -0.3 is 4.90 Å². The maximum absolute atomic E-state index is 12.3. The van der Waals surface area contributed by atoms with Crippen molar-refractivity contribution in [2.75, 3.05) is 18.8 Å². The number of rotatable bonds is 4. The van der Waals surface area contributed by atoms with E-state index in [-0.39, 0.29) is 10.8 Å². The molecular formula is C14H17N3O3S2. The zero-order valence-corrected chi connectivity index (χ0v) is 14.4. The minimum atomic E-state index is -3.71. The van der Waals surface area contributed by atoms with E-state index in [1.807, 2.05) is 13.8 Å². The molecular weight excluding hydrogens is 322 g/mol. The number of anilines is 1. The summed E-state index contributed by atoms with van der Waals surface area (Å²) in [5.74, 6) is -0.178. The summed E-state index contributed by atoms with van der Waals surface area (Å²) >= 11 is 1.29. The van der Waals surface area contributed by atoms with Crippen molar-refractivity contribution in [3.63, 3.8) is 0 Å². The highest BCUT2D eigenvalue weighted by Crippen LogP contribution is 2.24. The summed E-state index contributed by atoms with van der Waals surface area (Å²) in [7, 11) is -0.425. The van der Waals surface area contributed by atoms with Gasteiger partial charge in [-0.2, -0.15) is 0 Å². The molecule has 0 aliphatic heterocycles. The van der Waals surface area contributed by atoms with Gasteiger partial charge in [-0.1, -0.05) is 0 Å². The van der Waals surface area contributed by atoms with Crippen LogP contribution in [0.15, 0.2) is 29.2 Å². The predicted octanol–water partition coefficient (Wildman–Crippen LogP) is 2.26. The third kappa shape index (κ3) is 3.45. The lowest BCUT2D eigenvalue weighted by Gasteiger charge is -2.10. The van der Waals surface area contributed by atoms with Crippen LogP contribution in [0.2, 0.25) is 0 Å². The fourth-order valence-electron chi connectivity index (χ4n) is 1.73. The van der Waals surface area contributed by atoms with E-state index < -0.39 is 10.0 Å². The Morgan fingerprint density at radius 3 is 2.23 bits per heavy atom. The zero-order chi connectivity index (χ0) is 16.5. The number of aromatic nitrogens is 1. The molecule has 2 aromatic rings. The Morgan fingerprint density at radius 2 is 1.77 bits per heavy atom. The van der Waals surface area contributed by atoms with E-state index in [0.717, 1.165) is 10.6 Å². The van der Waals surface area contributed by atoms with Crippen LogP contribution in [-0.4, -0.2) is 38.3 Å². The molecule has 0 atom stereocenters. The highest BCUT2D eigenvalue weighted by atomic mass is 32.2. The largest absolute Gasteiger partial charge is 0.345 e. The fraction of sp³-hybridized carbons (Fsp3) is 0.286. The lowest BCUT2D eigenvalue weighted by molar-refractivity contribution is 0.0827. The van der Waals surface area contributed by atoms with Crippen LogP contribution in [0.25, 0.3) is 0 Å². The average molecular weight is 339 g/mol. The molecule has 8 heteroatoms. The first-order valence-electron chi connectivity index (χ1n) is 6.49. The number of sulfonamides is 1. The van der Waals surface area contributed by atoms with Gasteiger partial charge in [-0.3, -0.25) is 9.52 Å². The van der Waals surface area contributed by atoms with Crippen molar-refractivity contribution in [2.24, 2.45) is 0 Å². The molecule has 0 aliphatic rings. The van der Waals surface area contributed by atoms with Gasteiger partial charge in [-0.25, -0.2) is 13.4 Å². The first kappa shape index (κ1) is 16.4. The summed E-state index contributed by atoms with van der Waals surface area (Å²) in [6.07, 6.45) is 0. The van der Waals surface area contributed by atoms with E-state index in [2.05, 4.69) is 9.71 Å². The first-order valence-corrected chi connectivity index (χ1v) is 8.79. The minimum Gasteiger partial charge on any atom is -0.345 e. The fourth-order valence-corrected chi connectivity index (χ4v) is 3.77. The van der Waals surface area contributed by atoms with Crippen LogP contribution in [0.5, 0.6) is 0 Å². The van der Waals surface area contributed by atoms with Gasteiger partial charge in [0.05, 0.1) is 10.6 Å². The Labute approximate surface area is 133 Å². The van der Waals surface area contributed by atoms with E-state index in [1.165, 1.54) is 40.5 Å². The van der Waals surface area contributed by atoms with Crippen LogP contribution in [0.3, 0.4) is 0 Å². The number of hydrogen-bond acceptors (Lipinski definition) is 5. The van der Waals surface area contributed by atoms with Crippen molar-refractivity contribution < 1.29 is 13.2 Å². The standard InChI is InChI=1S/C14H17N3O3S2/c1-9-10(2)21-14(15-9)16-22(19,20)12-7-5-11(6-8-12)13(18)17(3)4/h5-8H,1-4H3,(H,15,16). The highest BCUT2D eigenvalue weighted by molar-refractivity contribution is 7.93. The number of aryl methyl sites for hydroxylation is 2. The maximum Gasteiger partial charge on any atom is 0.263 e. The van der Waals surface area contributed by atoms with Gasteiger partial charge >= 0.3 is 0 Å². The summed E-state index contributed by atoms with van der Waals surface area (Å²) in [6, 6.07) is 5.81. The lowest BCUT2D eigenvalue weighted by Crippen LogP contribution is -2.21. The molecule has 118 valence electrons. The van der Waals surface area contributed by atoms with Gasteiger partial charge in [0, 0.05) is 24.5 Å². The van der Waals surface area contributed by atoms with Gasteiger partial charge in [0.25, 0.3) is 15.9 Å². The van der Waals surface area contributed by atoms with Crippen LogP contribution < -0.4 is 4.72 Å². The molecule has 6 nitrogen and oxygen atoms in total. The molecule has 0 fully saturated rings. The van der Waals surface area contributed by atoms with E-state index in [0.29, 0.717) is 10.7 Å². The molecule has 1 amide bonds. The highest BCUT2D eigenvalue weighted by Gasteiger charge is 2.17. The van der Waals surface area contributed by atoms with Crippen LogP contribution in [0.4, 0.5) is 5.13 Å². The van der Waals surface area contributed by atoms with Gasteiger partial charge in [0.15, 0.2) is 5.13 Å². The summed E-state index contributed by atoms with van der Waals surface area (Å²) in [6.45, 7) is 3.71. The monoisotopic (exact) mass is 339 g/mol. The molecule has 0 bridgehead atoms.